The molecule has 0 aliphatic carbocycles. The Balaban J connectivity index is 1.51. The normalized spacial score (nSPS) is 15.2. The van der Waals surface area contributed by atoms with Crippen LogP contribution in [-0.2, 0) is 21.4 Å². The molecule has 2 aromatic carbocycles. The zero-order valence-electron chi connectivity index (χ0n) is 17.1. The summed E-state index contributed by atoms with van der Waals surface area (Å²) in [6.45, 7) is 0.428. The molecule has 0 saturated carbocycles. The summed E-state index contributed by atoms with van der Waals surface area (Å²) >= 11 is 0. The van der Waals surface area contributed by atoms with Crippen molar-refractivity contribution in [3.63, 3.8) is 0 Å². The van der Waals surface area contributed by atoms with Crippen LogP contribution in [0.5, 0.6) is 11.5 Å². The van der Waals surface area contributed by atoms with Gasteiger partial charge in [-0.05, 0) is 43.2 Å². The Bertz CT molecular complexity index is 1020. The second-order valence-electron chi connectivity index (χ2n) is 7.16. The Hall–Kier alpha value is -2.79. The smallest absolute Gasteiger partial charge is 0.484 e. The highest BCUT2D eigenvalue weighted by molar-refractivity contribution is 7.89. The zero-order valence-corrected chi connectivity index (χ0v) is 17.9. The van der Waals surface area contributed by atoms with Crippen molar-refractivity contribution in [3.8, 4) is 11.5 Å². The first kappa shape index (κ1) is 23.9. The second kappa shape index (κ2) is 10.2. The highest BCUT2D eigenvalue weighted by Gasteiger charge is 2.32. The SMILES string of the molecule is O=C(COc1ccc(S(=O)(=O)N2CCCCC2)cc1)NCc1ccccc1OC(F)(F)F. The fourth-order valence-electron chi connectivity index (χ4n) is 3.23. The molecule has 1 aliphatic rings. The number of piperidine rings is 1. The van der Waals surface area contributed by atoms with Gasteiger partial charge in [0.15, 0.2) is 6.61 Å². The molecule has 7 nitrogen and oxygen atoms in total. The summed E-state index contributed by atoms with van der Waals surface area (Å²) in [5.74, 6) is -0.665. The molecule has 3 rings (SSSR count). The molecule has 1 fully saturated rings. The molecule has 0 bridgehead atoms. The van der Waals surface area contributed by atoms with E-state index in [9.17, 15) is 26.4 Å². The maximum Gasteiger partial charge on any atom is 0.573 e. The summed E-state index contributed by atoms with van der Waals surface area (Å²) in [6.07, 6.45) is -2.15. The van der Waals surface area contributed by atoms with Gasteiger partial charge < -0.3 is 14.8 Å². The highest BCUT2D eigenvalue weighted by atomic mass is 32.2. The van der Waals surface area contributed by atoms with Crippen LogP contribution in [0.4, 0.5) is 13.2 Å². The molecule has 2 aromatic rings. The predicted octanol–water partition coefficient (Wildman–Crippen LogP) is 3.46. The van der Waals surface area contributed by atoms with Crippen molar-refractivity contribution in [1.29, 1.82) is 0 Å². The third-order valence-electron chi connectivity index (χ3n) is 4.82. The van der Waals surface area contributed by atoms with Crippen LogP contribution >= 0.6 is 0 Å². The number of rotatable bonds is 8. The van der Waals surface area contributed by atoms with Crippen LogP contribution in [-0.4, -0.2) is 44.7 Å². The van der Waals surface area contributed by atoms with Crippen LogP contribution in [0.1, 0.15) is 24.8 Å². The third-order valence-corrected chi connectivity index (χ3v) is 6.73. The second-order valence-corrected chi connectivity index (χ2v) is 9.10. The van der Waals surface area contributed by atoms with Crippen LogP contribution < -0.4 is 14.8 Å². The van der Waals surface area contributed by atoms with Gasteiger partial charge in [-0.1, -0.05) is 24.6 Å². The molecule has 0 radical (unpaired) electrons. The van der Waals surface area contributed by atoms with Crippen molar-refractivity contribution in [2.24, 2.45) is 0 Å². The summed E-state index contributed by atoms with van der Waals surface area (Å²) in [5.41, 5.74) is 0.158. The van der Waals surface area contributed by atoms with E-state index in [1.165, 1.54) is 46.8 Å². The van der Waals surface area contributed by atoms with Crippen LogP contribution in [0.2, 0.25) is 0 Å². The van der Waals surface area contributed by atoms with Gasteiger partial charge in [0.1, 0.15) is 11.5 Å². The molecule has 0 spiro atoms. The van der Waals surface area contributed by atoms with E-state index in [-0.39, 0.29) is 23.6 Å². The lowest BCUT2D eigenvalue weighted by Crippen LogP contribution is -2.35. The van der Waals surface area contributed by atoms with Crippen molar-refractivity contribution in [3.05, 3.63) is 54.1 Å². The van der Waals surface area contributed by atoms with Crippen molar-refractivity contribution >= 4 is 15.9 Å². The number of carbonyl (C=O) groups excluding carboxylic acids is 1. The molecule has 1 saturated heterocycles. The lowest BCUT2D eigenvalue weighted by atomic mass is 10.2. The topological polar surface area (TPSA) is 84.9 Å². The van der Waals surface area contributed by atoms with Crippen LogP contribution in [0, 0.1) is 0 Å². The summed E-state index contributed by atoms with van der Waals surface area (Å²) in [7, 11) is -3.56. The lowest BCUT2D eigenvalue weighted by Gasteiger charge is -2.25. The maximum absolute atomic E-state index is 12.6. The van der Waals surface area contributed by atoms with Crippen LogP contribution in [0.15, 0.2) is 53.4 Å². The molecular weight excluding hydrogens is 449 g/mol. The zero-order chi connectivity index (χ0) is 23.2. The van der Waals surface area contributed by atoms with E-state index >= 15 is 0 Å². The number of para-hydroxylation sites is 1. The van der Waals surface area contributed by atoms with Crippen molar-refractivity contribution in [1.82, 2.24) is 9.62 Å². The van der Waals surface area contributed by atoms with E-state index in [0.717, 1.165) is 25.3 Å². The first-order valence-corrected chi connectivity index (χ1v) is 11.4. The number of hydrogen-bond donors (Lipinski definition) is 1. The van der Waals surface area contributed by atoms with Crippen molar-refractivity contribution < 1.29 is 35.9 Å². The molecule has 1 heterocycles. The predicted molar refractivity (Wildman–Crippen MR) is 110 cm³/mol. The molecular formula is C21H23F3N2O5S. The lowest BCUT2D eigenvalue weighted by molar-refractivity contribution is -0.274. The minimum atomic E-state index is -4.84. The van der Waals surface area contributed by atoms with Gasteiger partial charge in [0.05, 0.1) is 4.90 Å². The van der Waals surface area contributed by atoms with Crippen molar-refractivity contribution in [2.45, 2.75) is 37.1 Å². The Morgan fingerprint density at radius 1 is 1.00 bits per heavy atom. The standard InChI is InChI=1S/C21H23F3N2O5S/c22-21(23,24)31-19-7-3-2-6-16(19)14-25-20(27)15-30-17-8-10-18(11-9-17)32(28,29)26-12-4-1-5-13-26/h2-3,6-11H,1,4-5,12-15H2,(H,25,27). The van der Waals surface area contributed by atoms with E-state index < -0.39 is 28.0 Å². The van der Waals surface area contributed by atoms with Gasteiger partial charge in [-0.3, -0.25) is 4.79 Å². The largest absolute Gasteiger partial charge is 0.573 e. The molecule has 32 heavy (non-hydrogen) atoms. The summed E-state index contributed by atoms with van der Waals surface area (Å²) in [4.78, 5) is 12.2. The number of benzene rings is 2. The molecule has 1 N–H and O–H groups in total. The Kier molecular flexibility index (Phi) is 7.62. The van der Waals surface area contributed by atoms with E-state index in [1.54, 1.807) is 0 Å². The summed E-state index contributed by atoms with van der Waals surface area (Å²) in [5, 5.41) is 2.46. The molecule has 0 aromatic heterocycles. The number of ether oxygens (including phenoxy) is 2. The summed E-state index contributed by atoms with van der Waals surface area (Å²) in [6, 6.07) is 11.2. The summed E-state index contributed by atoms with van der Waals surface area (Å²) < 4.78 is 73.4. The van der Waals surface area contributed by atoms with Gasteiger partial charge in [-0.2, -0.15) is 4.31 Å². The van der Waals surface area contributed by atoms with E-state index in [4.69, 9.17) is 4.74 Å². The Morgan fingerprint density at radius 2 is 1.66 bits per heavy atom. The van der Waals surface area contributed by atoms with E-state index in [0.29, 0.717) is 18.8 Å². The number of hydrogen-bond acceptors (Lipinski definition) is 5. The Morgan fingerprint density at radius 3 is 2.31 bits per heavy atom. The van der Waals surface area contributed by atoms with Gasteiger partial charge in [-0.15, -0.1) is 13.2 Å². The molecule has 0 atom stereocenters. The number of nitrogens with zero attached hydrogens (tertiary/aromatic N) is 1. The minimum absolute atomic E-state index is 0.150. The molecule has 174 valence electrons. The van der Waals surface area contributed by atoms with Crippen molar-refractivity contribution in [2.75, 3.05) is 19.7 Å². The van der Waals surface area contributed by atoms with E-state index in [1.807, 2.05) is 0 Å². The number of sulfonamides is 1. The van der Waals surface area contributed by atoms with E-state index in [2.05, 4.69) is 10.1 Å². The fraction of sp³-hybridized carbons (Fsp3) is 0.381. The average molecular weight is 472 g/mol. The third kappa shape index (κ3) is 6.60. The number of carbonyl (C=O) groups is 1. The molecule has 11 heteroatoms. The van der Waals surface area contributed by atoms with Gasteiger partial charge in [0, 0.05) is 25.2 Å². The quantitative estimate of drug-likeness (QED) is 0.636. The number of nitrogens with one attached hydrogen (secondary N) is 1. The highest BCUT2D eigenvalue weighted by Crippen LogP contribution is 2.26. The first-order valence-electron chi connectivity index (χ1n) is 9.98. The maximum atomic E-state index is 12.6. The number of alkyl halides is 3. The van der Waals surface area contributed by atoms with Crippen LogP contribution in [0.3, 0.4) is 0 Å². The number of halogens is 3. The molecule has 0 unspecified atom stereocenters. The van der Waals surface area contributed by atoms with Gasteiger partial charge in [0.2, 0.25) is 10.0 Å². The monoisotopic (exact) mass is 472 g/mol. The van der Waals surface area contributed by atoms with Gasteiger partial charge in [-0.25, -0.2) is 8.42 Å². The van der Waals surface area contributed by atoms with Gasteiger partial charge in [0.25, 0.3) is 5.91 Å². The van der Waals surface area contributed by atoms with Crippen LogP contribution in [0.25, 0.3) is 0 Å². The fourth-order valence-corrected chi connectivity index (χ4v) is 4.75. The van der Waals surface area contributed by atoms with Gasteiger partial charge >= 0.3 is 6.36 Å². The molecule has 1 amide bonds. The average Bonchev–Trinajstić information content (AvgIpc) is 2.77. The number of amides is 1. The Labute approximate surface area is 184 Å². The molecule has 1 aliphatic heterocycles. The first-order chi connectivity index (χ1) is 15.1. The minimum Gasteiger partial charge on any atom is -0.484 e.